The maximum atomic E-state index is 12.8. The Morgan fingerprint density at radius 3 is 2.62 bits per heavy atom. The summed E-state index contributed by atoms with van der Waals surface area (Å²) in [6.07, 6.45) is 3.20. The molecule has 142 valence electrons. The summed E-state index contributed by atoms with van der Waals surface area (Å²) in [5, 5.41) is 2.89. The van der Waals surface area contributed by atoms with E-state index in [0.717, 1.165) is 19.3 Å². The number of sulfonamides is 1. The molecule has 4 rings (SSSR count). The second-order valence-electron chi connectivity index (χ2n) is 7.47. The number of hydrogen-bond acceptors (Lipinski definition) is 5. The summed E-state index contributed by atoms with van der Waals surface area (Å²) in [5.41, 5.74) is 6.74. The number of benzene rings is 1. The van der Waals surface area contributed by atoms with Crippen LogP contribution in [0.5, 0.6) is 0 Å². The number of ether oxygens (including phenoxy) is 1. The van der Waals surface area contributed by atoms with Gasteiger partial charge < -0.3 is 15.8 Å². The Bertz CT molecular complexity index is 789. The van der Waals surface area contributed by atoms with Crippen molar-refractivity contribution in [2.75, 3.05) is 31.6 Å². The molecule has 2 aliphatic carbocycles. The first-order chi connectivity index (χ1) is 12.5. The van der Waals surface area contributed by atoms with Crippen LogP contribution in [-0.2, 0) is 19.6 Å². The summed E-state index contributed by atoms with van der Waals surface area (Å²) in [7, 11) is -3.58. The molecule has 0 radical (unpaired) electrons. The molecular formula is C18H25N3O4S. The van der Waals surface area contributed by atoms with Crippen molar-refractivity contribution in [1.29, 1.82) is 0 Å². The molecule has 26 heavy (non-hydrogen) atoms. The van der Waals surface area contributed by atoms with E-state index in [4.69, 9.17) is 10.5 Å². The molecule has 7 nitrogen and oxygen atoms in total. The third-order valence-electron chi connectivity index (χ3n) is 5.99. The van der Waals surface area contributed by atoms with Crippen LogP contribution in [0.4, 0.5) is 5.69 Å². The van der Waals surface area contributed by atoms with E-state index >= 15 is 0 Å². The lowest BCUT2D eigenvalue weighted by atomic mass is 9.84. The molecule has 1 aliphatic heterocycles. The number of fused-ring (bicyclic) bond motifs is 2. The Morgan fingerprint density at radius 1 is 1.19 bits per heavy atom. The number of hydrogen-bond donors (Lipinski definition) is 2. The molecule has 3 N–H and O–H groups in total. The topological polar surface area (TPSA) is 102 Å². The third-order valence-corrected chi connectivity index (χ3v) is 7.89. The van der Waals surface area contributed by atoms with Gasteiger partial charge in [-0.05, 0) is 49.3 Å². The normalized spacial score (nSPS) is 31.9. The van der Waals surface area contributed by atoms with Crippen molar-refractivity contribution >= 4 is 21.6 Å². The Morgan fingerprint density at radius 2 is 1.92 bits per heavy atom. The average Bonchev–Trinajstić information content (AvgIpc) is 3.24. The minimum atomic E-state index is -3.58. The SMILES string of the molecule is NC1C2CCC(C2)C1C(=O)Nc1cccc(S(=O)(=O)N2CCOCC2)c1. The maximum Gasteiger partial charge on any atom is 0.243 e. The van der Waals surface area contributed by atoms with Gasteiger partial charge in [0.15, 0.2) is 0 Å². The lowest BCUT2D eigenvalue weighted by Crippen LogP contribution is -2.42. The summed E-state index contributed by atoms with van der Waals surface area (Å²) < 4.78 is 32.2. The Kier molecular flexibility index (Phi) is 4.77. The fourth-order valence-corrected chi connectivity index (χ4v) is 6.08. The number of morpholine rings is 1. The molecule has 3 fully saturated rings. The van der Waals surface area contributed by atoms with Gasteiger partial charge in [-0.25, -0.2) is 8.42 Å². The van der Waals surface area contributed by atoms with Crippen molar-refractivity contribution in [3.8, 4) is 0 Å². The molecule has 1 amide bonds. The first-order valence-corrected chi connectivity index (χ1v) is 10.7. The predicted octanol–water partition coefficient (Wildman–Crippen LogP) is 1.02. The second kappa shape index (κ2) is 6.92. The fraction of sp³-hybridized carbons (Fsp3) is 0.611. The van der Waals surface area contributed by atoms with Crippen LogP contribution in [0.25, 0.3) is 0 Å². The lowest BCUT2D eigenvalue weighted by molar-refractivity contribution is -0.121. The largest absolute Gasteiger partial charge is 0.379 e. The molecule has 2 saturated carbocycles. The van der Waals surface area contributed by atoms with Gasteiger partial charge in [-0.3, -0.25) is 4.79 Å². The maximum absolute atomic E-state index is 12.8. The van der Waals surface area contributed by atoms with Crippen LogP contribution in [0, 0.1) is 17.8 Å². The summed E-state index contributed by atoms with van der Waals surface area (Å²) in [6.45, 7) is 1.49. The van der Waals surface area contributed by atoms with E-state index in [2.05, 4.69) is 5.32 Å². The quantitative estimate of drug-likeness (QED) is 0.813. The van der Waals surface area contributed by atoms with Crippen molar-refractivity contribution < 1.29 is 17.9 Å². The number of nitrogens with one attached hydrogen (secondary N) is 1. The number of carbonyl (C=O) groups is 1. The number of anilines is 1. The Labute approximate surface area is 153 Å². The van der Waals surface area contributed by atoms with Gasteiger partial charge in [0.05, 0.1) is 24.0 Å². The van der Waals surface area contributed by atoms with Crippen molar-refractivity contribution in [3.05, 3.63) is 24.3 Å². The number of nitrogens with zero attached hydrogens (tertiary/aromatic N) is 1. The van der Waals surface area contributed by atoms with Crippen LogP contribution in [0.2, 0.25) is 0 Å². The highest BCUT2D eigenvalue weighted by molar-refractivity contribution is 7.89. The van der Waals surface area contributed by atoms with Gasteiger partial charge in [0.1, 0.15) is 0 Å². The first kappa shape index (κ1) is 17.9. The number of amides is 1. The van der Waals surface area contributed by atoms with E-state index in [1.54, 1.807) is 18.2 Å². The van der Waals surface area contributed by atoms with Crippen molar-refractivity contribution in [2.24, 2.45) is 23.5 Å². The zero-order valence-corrected chi connectivity index (χ0v) is 15.5. The lowest BCUT2D eigenvalue weighted by Gasteiger charge is -2.27. The van der Waals surface area contributed by atoms with Crippen LogP contribution < -0.4 is 11.1 Å². The van der Waals surface area contributed by atoms with E-state index in [1.165, 1.54) is 10.4 Å². The smallest absolute Gasteiger partial charge is 0.243 e. The van der Waals surface area contributed by atoms with E-state index in [-0.39, 0.29) is 22.8 Å². The highest BCUT2D eigenvalue weighted by atomic mass is 32.2. The van der Waals surface area contributed by atoms with Crippen molar-refractivity contribution in [2.45, 2.75) is 30.2 Å². The van der Waals surface area contributed by atoms with Crippen LogP contribution in [-0.4, -0.2) is 51.0 Å². The Balaban J connectivity index is 1.50. The summed E-state index contributed by atoms with van der Waals surface area (Å²) >= 11 is 0. The van der Waals surface area contributed by atoms with E-state index < -0.39 is 10.0 Å². The predicted molar refractivity (Wildman–Crippen MR) is 96.9 cm³/mol. The number of carbonyl (C=O) groups excluding carboxylic acids is 1. The average molecular weight is 379 g/mol. The molecule has 1 saturated heterocycles. The van der Waals surface area contributed by atoms with Crippen LogP contribution >= 0.6 is 0 Å². The molecule has 0 spiro atoms. The van der Waals surface area contributed by atoms with Gasteiger partial charge in [-0.1, -0.05) is 6.07 Å². The molecule has 2 bridgehead atoms. The monoisotopic (exact) mass is 379 g/mol. The summed E-state index contributed by atoms with van der Waals surface area (Å²) in [4.78, 5) is 12.9. The fourth-order valence-electron chi connectivity index (χ4n) is 4.62. The molecule has 1 aromatic rings. The zero-order chi connectivity index (χ0) is 18.3. The highest BCUT2D eigenvalue weighted by Crippen LogP contribution is 2.47. The summed E-state index contributed by atoms with van der Waals surface area (Å²) in [6, 6.07) is 6.37. The van der Waals surface area contributed by atoms with Crippen molar-refractivity contribution in [1.82, 2.24) is 4.31 Å². The van der Waals surface area contributed by atoms with Gasteiger partial charge in [0, 0.05) is 24.8 Å². The van der Waals surface area contributed by atoms with E-state index in [1.807, 2.05) is 0 Å². The number of rotatable bonds is 4. The molecule has 1 heterocycles. The molecule has 0 aromatic heterocycles. The van der Waals surface area contributed by atoms with Gasteiger partial charge in [0.25, 0.3) is 0 Å². The molecule has 4 atom stereocenters. The van der Waals surface area contributed by atoms with Gasteiger partial charge in [-0.2, -0.15) is 4.31 Å². The van der Waals surface area contributed by atoms with E-state index in [0.29, 0.717) is 43.8 Å². The highest BCUT2D eigenvalue weighted by Gasteiger charge is 2.49. The second-order valence-corrected chi connectivity index (χ2v) is 9.41. The zero-order valence-electron chi connectivity index (χ0n) is 14.6. The first-order valence-electron chi connectivity index (χ1n) is 9.21. The van der Waals surface area contributed by atoms with Crippen LogP contribution in [0.15, 0.2) is 29.2 Å². The summed E-state index contributed by atoms with van der Waals surface area (Å²) in [5.74, 6) is 0.540. The molecular weight excluding hydrogens is 354 g/mol. The minimum absolute atomic E-state index is 0.0889. The van der Waals surface area contributed by atoms with Gasteiger partial charge in [0.2, 0.25) is 15.9 Å². The Hall–Kier alpha value is -1.48. The standard InChI is InChI=1S/C18H25N3O4S/c19-17-13-5-4-12(10-13)16(17)18(22)20-14-2-1-3-15(11-14)26(23,24)21-6-8-25-9-7-21/h1-3,11-13,16-17H,4-10,19H2,(H,20,22). The van der Waals surface area contributed by atoms with Gasteiger partial charge >= 0.3 is 0 Å². The number of nitrogens with two attached hydrogens (primary N) is 1. The third kappa shape index (κ3) is 3.15. The van der Waals surface area contributed by atoms with Gasteiger partial charge in [-0.15, -0.1) is 0 Å². The minimum Gasteiger partial charge on any atom is -0.379 e. The molecule has 3 aliphatic rings. The molecule has 8 heteroatoms. The van der Waals surface area contributed by atoms with Crippen molar-refractivity contribution in [3.63, 3.8) is 0 Å². The molecule has 4 unspecified atom stereocenters. The van der Waals surface area contributed by atoms with Crippen LogP contribution in [0.1, 0.15) is 19.3 Å². The van der Waals surface area contributed by atoms with E-state index in [9.17, 15) is 13.2 Å². The van der Waals surface area contributed by atoms with Crippen LogP contribution in [0.3, 0.4) is 0 Å². The molecule has 1 aromatic carbocycles.